The van der Waals surface area contributed by atoms with Crippen molar-refractivity contribution in [3.8, 4) is 0 Å². The SMILES string of the molecule is CCCN1CCCC2(CCN(c3ccncc3)C2)C1=O. The third kappa shape index (κ3) is 2.28. The van der Waals surface area contributed by atoms with Crippen LogP contribution in [0.1, 0.15) is 32.6 Å². The van der Waals surface area contributed by atoms with E-state index in [1.165, 1.54) is 5.69 Å². The van der Waals surface area contributed by atoms with Crippen LogP contribution in [0.4, 0.5) is 5.69 Å². The number of hydrogen-bond acceptors (Lipinski definition) is 3. The van der Waals surface area contributed by atoms with E-state index < -0.39 is 0 Å². The predicted molar refractivity (Wildman–Crippen MR) is 79.6 cm³/mol. The van der Waals surface area contributed by atoms with Crippen LogP contribution in [0.25, 0.3) is 0 Å². The molecule has 0 radical (unpaired) electrons. The van der Waals surface area contributed by atoms with Crippen molar-refractivity contribution in [2.24, 2.45) is 5.41 Å². The summed E-state index contributed by atoms with van der Waals surface area (Å²) in [6, 6.07) is 4.08. The number of likely N-dealkylation sites (tertiary alicyclic amines) is 1. The molecule has 0 N–H and O–H groups in total. The van der Waals surface area contributed by atoms with E-state index in [9.17, 15) is 4.79 Å². The summed E-state index contributed by atoms with van der Waals surface area (Å²) in [4.78, 5) is 21.3. The summed E-state index contributed by atoms with van der Waals surface area (Å²) in [5.74, 6) is 0.391. The Balaban J connectivity index is 1.76. The minimum Gasteiger partial charge on any atom is -0.370 e. The smallest absolute Gasteiger partial charge is 0.230 e. The van der Waals surface area contributed by atoms with Gasteiger partial charge in [0.25, 0.3) is 0 Å². The molecule has 4 nitrogen and oxygen atoms in total. The van der Waals surface area contributed by atoms with E-state index in [-0.39, 0.29) is 5.41 Å². The van der Waals surface area contributed by atoms with Gasteiger partial charge in [-0.05, 0) is 37.8 Å². The number of anilines is 1. The highest BCUT2D eigenvalue weighted by Gasteiger charge is 2.48. The van der Waals surface area contributed by atoms with Gasteiger partial charge in [0.05, 0.1) is 5.41 Å². The second-order valence-electron chi connectivity index (χ2n) is 6.05. The van der Waals surface area contributed by atoms with Crippen LogP contribution in [-0.2, 0) is 4.79 Å². The summed E-state index contributed by atoms with van der Waals surface area (Å²) < 4.78 is 0. The Morgan fingerprint density at radius 3 is 2.80 bits per heavy atom. The molecule has 1 atom stereocenters. The Morgan fingerprint density at radius 2 is 2.05 bits per heavy atom. The number of nitrogens with zero attached hydrogens (tertiary/aromatic N) is 3. The number of pyridine rings is 1. The molecule has 1 amide bonds. The Labute approximate surface area is 120 Å². The van der Waals surface area contributed by atoms with Crippen molar-refractivity contribution in [1.82, 2.24) is 9.88 Å². The number of piperidine rings is 1. The molecule has 2 saturated heterocycles. The van der Waals surface area contributed by atoms with Gasteiger partial charge in [0.2, 0.25) is 5.91 Å². The standard InChI is InChI=1S/C16H23N3O/c1-2-10-18-11-3-6-16(15(18)20)7-12-19(13-16)14-4-8-17-9-5-14/h4-5,8-9H,2-3,6-7,10-13H2,1H3. The second kappa shape index (κ2) is 5.43. The zero-order valence-corrected chi connectivity index (χ0v) is 12.2. The Bertz CT molecular complexity index is 474. The van der Waals surface area contributed by atoms with Crippen molar-refractivity contribution in [1.29, 1.82) is 0 Å². The quantitative estimate of drug-likeness (QED) is 0.848. The normalized spacial score (nSPS) is 26.6. The third-order valence-electron chi connectivity index (χ3n) is 4.70. The molecular weight excluding hydrogens is 250 g/mol. The maximum atomic E-state index is 12.8. The van der Waals surface area contributed by atoms with Gasteiger partial charge in [-0.15, -0.1) is 0 Å². The first-order chi connectivity index (χ1) is 9.75. The molecule has 1 spiro atoms. The van der Waals surface area contributed by atoms with Gasteiger partial charge in [-0.1, -0.05) is 6.92 Å². The van der Waals surface area contributed by atoms with Crippen LogP contribution in [0.5, 0.6) is 0 Å². The van der Waals surface area contributed by atoms with Gasteiger partial charge in [-0.3, -0.25) is 9.78 Å². The molecule has 2 aliphatic heterocycles. The van der Waals surface area contributed by atoms with Gasteiger partial charge < -0.3 is 9.80 Å². The summed E-state index contributed by atoms with van der Waals surface area (Å²) in [6.07, 6.45) is 7.90. The van der Waals surface area contributed by atoms with Crippen molar-refractivity contribution in [2.75, 3.05) is 31.1 Å². The third-order valence-corrected chi connectivity index (χ3v) is 4.70. The fourth-order valence-corrected chi connectivity index (χ4v) is 3.66. The van der Waals surface area contributed by atoms with Crippen LogP contribution < -0.4 is 4.90 Å². The van der Waals surface area contributed by atoms with E-state index in [1.54, 1.807) is 0 Å². The number of rotatable bonds is 3. The summed E-state index contributed by atoms with van der Waals surface area (Å²) >= 11 is 0. The highest BCUT2D eigenvalue weighted by atomic mass is 16.2. The van der Waals surface area contributed by atoms with Gasteiger partial charge in [-0.2, -0.15) is 0 Å². The minimum atomic E-state index is -0.128. The van der Waals surface area contributed by atoms with Gasteiger partial charge >= 0.3 is 0 Å². The van der Waals surface area contributed by atoms with E-state index >= 15 is 0 Å². The lowest BCUT2D eigenvalue weighted by molar-refractivity contribution is -0.145. The van der Waals surface area contributed by atoms with Gasteiger partial charge in [0, 0.05) is 44.3 Å². The van der Waals surface area contributed by atoms with Gasteiger partial charge in [-0.25, -0.2) is 0 Å². The summed E-state index contributed by atoms with van der Waals surface area (Å²) in [5, 5.41) is 0. The topological polar surface area (TPSA) is 36.4 Å². The van der Waals surface area contributed by atoms with E-state index in [4.69, 9.17) is 0 Å². The molecule has 1 unspecified atom stereocenters. The molecule has 108 valence electrons. The molecule has 1 aromatic rings. The average molecular weight is 273 g/mol. The monoisotopic (exact) mass is 273 g/mol. The molecule has 2 fully saturated rings. The maximum absolute atomic E-state index is 12.8. The largest absolute Gasteiger partial charge is 0.370 e. The van der Waals surface area contributed by atoms with Crippen LogP contribution in [0.15, 0.2) is 24.5 Å². The molecule has 1 aromatic heterocycles. The van der Waals surface area contributed by atoms with Gasteiger partial charge in [0.15, 0.2) is 0 Å². The molecule has 0 aliphatic carbocycles. The highest BCUT2D eigenvalue weighted by molar-refractivity contribution is 5.85. The summed E-state index contributed by atoms with van der Waals surface area (Å²) in [5.41, 5.74) is 1.06. The molecule has 3 heterocycles. The first-order valence-electron chi connectivity index (χ1n) is 7.69. The van der Waals surface area contributed by atoms with Crippen LogP contribution in [0.2, 0.25) is 0 Å². The number of aromatic nitrogens is 1. The van der Waals surface area contributed by atoms with E-state index in [0.717, 1.165) is 51.9 Å². The highest BCUT2D eigenvalue weighted by Crippen LogP contribution is 2.41. The lowest BCUT2D eigenvalue weighted by Crippen LogP contribution is -2.50. The maximum Gasteiger partial charge on any atom is 0.230 e. The molecule has 0 bridgehead atoms. The van der Waals surface area contributed by atoms with Crippen molar-refractivity contribution < 1.29 is 4.79 Å². The zero-order valence-electron chi connectivity index (χ0n) is 12.2. The number of amides is 1. The van der Waals surface area contributed by atoms with E-state index in [0.29, 0.717) is 5.91 Å². The molecule has 4 heteroatoms. The molecule has 20 heavy (non-hydrogen) atoms. The zero-order chi connectivity index (χ0) is 14.0. The Morgan fingerprint density at radius 1 is 1.25 bits per heavy atom. The number of carbonyl (C=O) groups is 1. The second-order valence-corrected chi connectivity index (χ2v) is 6.05. The first-order valence-corrected chi connectivity index (χ1v) is 7.69. The van der Waals surface area contributed by atoms with Crippen molar-refractivity contribution in [3.05, 3.63) is 24.5 Å². The molecular formula is C16H23N3O. The fraction of sp³-hybridized carbons (Fsp3) is 0.625. The molecule has 3 rings (SSSR count). The molecule has 0 saturated carbocycles. The first kappa shape index (κ1) is 13.4. The van der Waals surface area contributed by atoms with Crippen LogP contribution >= 0.6 is 0 Å². The van der Waals surface area contributed by atoms with Crippen LogP contribution in [-0.4, -0.2) is 42.0 Å². The van der Waals surface area contributed by atoms with E-state index in [1.807, 2.05) is 24.5 Å². The Kier molecular flexibility index (Phi) is 3.64. The van der Waals surface area contributed by atoms with Gasteiger partial charge in [0.1, 0.15) is 0 Å². The molecule has 0 aromatic carbocycles. The van der Waals surface area contributed by atoms with Crippen molar-refractivity contribution >= 4 is 11.6 Å². The lowest BCUT2D eigenvalue weighted by atomic mass is 9.78. The number of carbonyl (C=O) groups excluding carboxylic acids is 1. The minimum absolute atomic E-state index is 0.128. The van der Waals surface area contributed by atoms with E-state index in [2.05, 4.69) is 21.7 Å². The van der Waals surface area contributed by atoms with Crippen LogP contribution in [0, 0.1) is 5.41 Å². The van der Waals surface area contributed by atoms with Crippen molar-refractivity contribution in [2.45, 2.75) is 32.6 Å². The van der Waals surface area contributed by atoms with Crippen LogP contribution in [0.3, 0.4) is 0 Å². The molecule has 2 aliphatic rings. The predicted octanol–water partition coefficient (Wildman–Crippen LogP) is 2.31. The Hall–Kier alpha value is -1.58. The summed E-state index contributed by atoms with van der Waals surface area (Å²) in [7, 11) is 0. The lowest BCUT2D eigenvalue weighted by Gasteiger charge is -2.39. The van der Waals surface area contributed by atoms with Crippen molar-refractivity contribution in [3.63, 3.8) is 0 Å². The number of hydrogen-bond donors (Lipinski definition) is 0. The fourth-order valence-electron chi connectivity index (χ4n) is 3.66. The average Bonchev–Trinajstić information content (AvgIpc) is 2.91. The summed E-state index contributed by atoms with van der Waals surface area (Å²) in [6.45, 7) is 5.86.